The molecule has 2 aromatic rings. The summed E-state index contributed by atoms with van der Waals surface area (Å²) in [5.74, 6) is 1.09. The minimum absolute atomic E-state index is 0.127. The zero-order chi connectivity index (χ0) is 17.6. The quantitative estimate of drug-likeness (QED) is 0.886. The molecular weight excluding hydrogens is 320 g/mol. The monoisotopic (exact) mass is 342 g/mol. The van der Waals surface area contributed by atoms with Crippen LogP contribution in [0.3, 0.4) is 0 Å². The Morgan fingerprint density at radius 2 is 1.88 bits per heavy atom. The van der Waals surface area contributed by atoms with Crippen molar-refractivity contribution in [2.75, 3.05) is 38.0 Å². The Hall–Kier alpha value is -2.67. The molecule has 2 heterocycles. The van der Waals surface area contributed by atoms with E-state index in [0.717, 1.165) is 5.56 Å². The van der Waals surface area contributed by atoms with Crippen molar-refractivity contribution in [2.45, 2.75) is 13.3 Å². The number of nitrogens with zero attached hydrogens (tertiary/aromatic N) is 3. The first-order valence-electron chi connectivity index (χ1n) is 8.37. The van der Waals surface area contributed by atoms with E-state index < -0.39 is 0 Å². The van der Waals surface area contributed by atoms with Gasteiger partial charge >= 0.3 is 0 Å². The van der Waals surface area contributed by atoms with Crippen molar-refractivity contribution in [3.63, 3.8) is 0 Å². The fraction of sp³-hybridized carbons (Fsp3) is 0.389. The summed E-state index contributed by atoms with van der Waals surface area (Å²) in [6, 6.07) is 11.4. The molecule has 1 aromatic heterocycles. The highest BCUT2D eigenvalue weighted by molar-refractivity contribution is 5.91. The van der Waals surface area contributed by atoms with Crippen LogP contribution in [0, 0.1) is 6.92 Å². The van der Waals surface area contributed by atoms with E-state index in [1.165, 1.54) is 0 Å². The maximum absolute atomic E-state index is 12.3. The van der Waals surface area contributed by atoms with E-state index in [2.05, 4.69) is 10.5 Å². The van der Waals surface area contributed by atoms with E-state index >= 15 is 0 Å². The number of amides is 2. The standard InChI is InChI=1S/C18H22N4O3/c1-14-11-16(20-25-14)19-17(23)13-21-7-9-22(10-8-21)18(24)12-15-5-3-2-4-6-15/h2-6,11H,7-10,12-13H2,1H3,(H,19,20,23). The van der Waals surface area contributed by atoms with Crippen molar-refractivity contribution < 1.29 is 14.1 Å². The van der Waals surface area contributed by atoms with Gasteiger partial charge in [-0.25, -0.2) is 0 Å². The highest BCUT2D eigenvalue weighted by atomic mass is 16.5. The van der Waals surface area contributed by atoms with Crippen LogP contribution in [0.1, 0.15) is 11.3 Å². The van der Waals surface area contributed by atoms with Gasteiger partial charge in [0.25, 0.3) is 0 Å². The van der Waals surface area contributed by atoms with Crippen molar-refractivity contribution >= 4 is 17.6 Å². The molecule has 1 aliphatic heterocycles. The Labute approximate surface area is 146 Å². The molecule has 7 heteroatoms. The van der Waals surface area contributed by atoms with Gasteiger partial charge in [-0.05, 0) is 12.5 Å². The number of carbonyl (C=O) groups is 2. The molecule has 0 atom stereocenters. The van der Waals surface area contributed by atoms with Gasteiger partial charge in [0.1, 0.15) is 5.76 Å². The van der Waals surface area contributed by atoms with Crippen LogP contribution in [0.25, 0.3) is 0 Å². The molecule has 3 rings (SSSR count). The van der Waals surface area contributed by atoms with Crippen molar-refractivity contribution in [3.8, 4) is 0 Å². The number of anilines is 1. The molecule has 1 fully saturated rings. The van der Waals surface area contributed by atoms with Gasteiger partial charge < -0.3 is 14.7 Å². The predicted octanol–water partition coefficient (Wildman–Crippen LogP) is 1.31. The third-order valence-electron chi connectivity index (χ3n) is 4.19. The normalized spacial score (nSPS) is 15.2. The fourth-order valence-corrected chi connectivity index (χ4v) is 2.85. The summed E-state index contributed by atoms with van der Waals surface area (Å²) in [6.45, 7) is 4.71. The number of carbonyl (C=O) groups excluding carboxylic acids is 2. The fourth-order valence-electron chi connectivity index (χ4n) is 2.85. The number of benzene rings is 1. The average molecular weight is 342 g/mol. The topological polar surface area (TPSA) is 78.7 Å². The third-order valence-corrected chi connectivity index (χ3v) is 4.19. The molecule has 2 amide bonds. The van der Waals surface area contributed by atoms with Crippen molar-refractivity contribution in [2.24, 2.45) is 0 Å². The summed E-state index contributed by atoms with van der Waals surface area (Å²) >= 11 is 0. The van der Waals surface area contributed by atoms with Gasteiger partial charge in [-0.1, -0.05) is 35.5 Å². The maximum Gasteiger partial charge on any atom is 0.239 e. The highest BCUT2D eigenvalue weighted by Gasteiger charge is 2.22. The smallest absolute Gasteiger partial charge is 0.239 e. The third kappa shape index (κ3) is 4.90. The molecule has 1 N–H and O–H groups in total. The van der Waals surface area contributed by atoms with E-state index in [1.54, 1.807) is 13.0 Å². The molecule has 0 aliphatic carbocycles. The summed E-state index contributed by atoms with van der Waals surface area (Å²) in [5, 5.41) is 6.46. The lowest BCUT2D eigenvalue weighted by Gasteiger charge is -2.34. The van der Waals surface area contributed by atoms with Crippen molar-refractivity contribution in [1.82, 2.24) is 15.0 Å². The average Bonchev–Trinajstić information content (AvgIpc) is 3.01. The Morgan fingerprint density at radius 3 is 2.52 bits per heavy atom. The molecule has 1 aromatic carbocycles. The zero-order valence-electron chi connectivity index (χ0n) is 14.3. The van der Waals surface area contributed by atoms with Gasteiger partial charge in [0.15, 0.2) is 5.82 Å². The molecule has 25 heavy (non-hydrogen) atoms. The highest BCUT2D eigenvalue weighted by Crippen LogP contribution is 2.09. The van der Waals surface area contributed by atoms with E-state index in [0.29, 0.717) is 44.2 Å². The number of piperazine rings is 1. The van der Waals surface area contributed by atoms with E-state index in [4.69, 9.17) is 4.52 Å². The minimum Gasteiger partial charge on any atom is -0.360 e. The van der Waals surface area contributed by atoms with Gasteiger partial charge in [-0.3, -0.25) is 14.5 Å². The molecular formula is C18H22N4O3. The van der Waals surface area contributed by atoms with Crippen LogP contribution in [0.4, 0.5) is 5.82 Å². The molecule has 0 saturated carbocycles. The first kappa shape index (κ1) is 17.2. The SMILES string of the molecule is Cc1cc(NC(=O)CN2CCN(C(=O)Cc3ccccc3)CC2)no1. The number of rotatable bonds is 5. The molecule has 7 nitrogen and oxygen atoms in total. The van der Waals surface area contributed by atoms with Gasteiger partial charge in [-0.2, -0.15) is 0 Å². The number of nitrogens with one attached hydrogen (secondary N) is 1. The maximum atomic E-state index is 12.3. The van der Waals surface area contributed by atoms with Crippen LogP contribution in [0.5, 0.6) is 0 Å². The largest absolute Gasteiger partial charge is 0.360 e. The number of aromatic nitrogens is 1. The Balaban J connectivity index is 1.42. The lowest BCUT2D eigenvalue weighted by molar-refractivity contribution is -0.132. The number of hydrogen-bond donors (Lipinski definition) is 1. The van der Waals surface area contributed by atoms with Crippen LogP contribution >= 0.6 is 0 Å². The molecule has 1 saturated heterocycles. The Morgan fingerprint density at radius 1 is 1.16 bits per heavy atom. The van der Waals surface area contributed by atoms with Crippen LogP contribution in [0.2, 0.25) is 0 Å². The second-order valence-electron chi connectivity index (χ2n) is 6.19. The van der Waals surface area contributed by atoms with Gasteiger partial charge in [0, 0.05) is 32.2 Å². The summed E-state index contributed by atoms with van der Waals surface area (Å²) < 4.78 is 4.92. The first-order chi connectivity index (χ1) is 12.1. The summed E-state index contributed by atoms with van der Waals surface area (Å²) in [6.07, 6.45) is 0.423. The minimum atomic E-state index is -0.127. The zero-order valence-corrected chi connectivity index (χ0v) is 14.3. The number of aryl methyl sites for hydroxylation is 1. The van der Waals surface area contributed by atoms with Crippen LogP contribution in [-0.2, 0) is 16.0 Å². The summed E-state index contributed by atoms with van der Waals surface area (Å²) in [4.78, 5) is 28.3. The Kier molecular flexibility index (Phi) is 5.45. The van der Waals surface area contributed by atoms with Crippen LogP contribution in [-0.4, -0.2) is 59.5 Å². The molecule has 0 unspecified atom stereocenters. The van der Waals surface area contributed by atoms with Crippen LogP contribution in [0.15, 0.2) is 40.9 Å². The number of hydrogen-bond acceptors (Lipinski definition) is 5. The Bertz CT molecular complexity index is 721. The van der Waals surface area contributed by atoms with Gasteiger partial charge in [0.2, 0.25) is 11.8 Å². The van der Waals surface area contributed by atoms with Crippen molar-refractivity contribution in [3.05, 3.63) is 47.7 Å². The molecule has 0 spiro atoms. The molecule has 0 bridgehead atoms. The van der Waals surface area contributed by atoms with Crippen molar-refractivity contribution in [1.29, 1.82) is 0 Å². The second kappa shape index (κ2) is 7.94. The van der Waals surface area contributed by atoms with Gasteiger partial charge in [-0.15, -0.1) is 0 Å². The summed E-state index contributed by atoms with van der Waals surface area (Å²) in [7, 11) is 0. The molecule has 1 aliphatic rings. The predicted molar refractivity (Wildman–Crippen MR) is 93.0 cm³/mol. The molecule has 132 valence electrons. The first-order valence-corrected chi connectivity index (χ1v) is 8.37. The molecule has 0 radical (unpaired) electrons. The second-order valence-corrected chi connectivity index (χ2v) is 6.19. The lowest BCUT2D eigenvalue weighted by atomic mass is 10.1. The van der Waals surface area contributed by atoms with Gasteiger partial charge in [0.05, 0.1) is 13.0 Å². The van der Waals surface area contributed by atoms with E-state index in [-0.39, 0.29) is 18.4 Å². The van der Waals surface area contributed by atoms with E-state index in [1.807, 2.05) is 40.1 Å². The summed E-state index contributed by atoms with van der Waals surface area (Å²) in [5.41, 5.74) is 1.03. The van der Waals surface area contributed by atoms with Crippen LogP contribution < -0.4 is 5.32 Å². The van der Waals surface area contributed by atoms with E-state index in [9.17, 15) is 9.59 Å². The lowest BCUT2D eigenvalue weighted by Crippen LogP contribution is -2.50.